The minimum atomic E-state index is 0.458. The standard InChI is InChI=1S/C19H21N3O/c1-13-3-2-4-14(9-13)17-10-15-12-20-19(11-18(15)22-17)21-16-5-7-23-8-6-16/h2-4,9-12,16,22H,5-8H2,1H3,(H,20,21). The van der Waals surface area contributed by atoms with Crippen LogP contribution in [-0.2, 0) is 4.74 Å². The van der Waals surface area contributed by atoms with Gasteiger partial charge in [0.2, 0.25) is 0 Å². The van der Waals surface area contributed by atoms with Crippen molar-refractivity contribution in [2.45, 2.75) is 25.8 Å². The van der Waals surface area contributed by atoms with Gasteiger partial charge in [-0.05, 0) is 37.5 Å². The molecule has 0 bridgehead atoms. The minimum Gasteiger partial charge on any atom is -0.381 e. The van der Waals surface area contributed by atoms with Gasteiger partial charge < -0.3 is 15.0 Å². The third-order valence-corrected chi connectivity index (χ3v) is 4.41. The van der Waals surface area contributed by atoms with Crippen LogP contribution >= 0.6 is 0 Å². The van der Waals surface area contributed by atoms with Gasteiger partial charge in [-0.1, -0.05) is 23.8 Å². The number of nitrogens with one attached hydrogen (secondary N) is 2. The quantitative estimate of drug-likeness (QED) is 0.765. The minimum absolute atomic E-state index is 0.458. The molecule has 2 N–H and O–H groups in total. The molecule has 0 unspecified atom stereocenters. The fourth-order valence-corrected chi connectivity index (χ4v) is 3.12. The van der Waals surface area contributed by atoms with E-state index in [9.17, 15) is 0 Å². The molecule has 1 fully saturated rings. The monoisotopic (exact) mass is 307 g/mol. The highest BCUT2D eigenvalue weighted by atomic mass is 16.5. The summed E-state index contributed by atoms with van der Waals surface area (Å²) in [4.78, 5) is 8.07. The lowest BCUT2D eigenvalue weighted by Crippen LogP contribution is -2.28. The lowest BCUT2D eigenvalue weighted by molar-refractivity contribution is 0.0904. The van der Waals surface area contributed by atoms with E-state index < -0.39 is 0 Å². The maximum atomic E-state index is 5.40. The Morgan fingerprint density at radius 2 is 2.04 bits per heavy atom. The third kappa shape index (κ3) is 3.08. The van der Waals surface area contributed by atoms with Gasteiger partial charge in [0.05, 0.1) is 5.52 Å². The van der Waals surface area contributed by atoms with E-state index in [1.54, 1.807) is 0 Å². The van der Waals surface area contributed by atoms with Gasteiger partial charge in [-0.3, -0.25) is 0 Å². The molecule has 1 saturated heterocycles. The fourth-order valence-electron chi connectivity index (χ4n) is 3.12. The van der Waals surface area contributed by atoms with E-state index in [-0.39, 0.29) is 0 Å². The van der Waals surface area contributed by atoms with Crippen LogP contribution in [0.4, 0.5) is 5.82 Å². The molecule has 1 aromatic carbocycles. The van der Waals surface area contributed by atoms with Crippen molar-refractivity contribution in [1.29, 1.82) is 0 Å². The molecule has 2 aromatic heterocycles. The van der Waals surface area contributed by atoms with Crippen LogP contribution < -0.4 is 5.32 Å². The molecule has 1 aliphatic rings. The Morgan fingerprint density at radius 1 is 1.17 bits per heavy atom. The molecule has 0 radical (unpaired) electrons. The van der Waals surface area contributed by atoms with Crippen LogP contribution in [0.5, 0.6) is 0 Å². The Kier molecular flexibility index (Phi) is 3.75. The first-order chi connectivity index (χ1) is 11.3. The highest BCUT2D eigenvalue weighted by molar-refractivity contribution is 5.86. The summed E-state index contributed by atoms with van der Waals surface area (Å²) in [6, 6.07) is 13.3. The molecule has 1 aliphatic heterocycles. The lowest BCUT2D eigenvalue weighted by atomic mass is 10.1. The normalized spacial score (nSPS) is 15.9. The summed E-state index contributed by atoms with van der Waals surface area (Å²) in [6.07, 6.45) is 4.02. The van der Waals surface area contributed by atoms with Gasteiger partial charge in [0.15, 0.2) is 0 Å². The van der Waals surface area contributed by atoms with Crippen LogP contribution in [0.1, 0.15) is 18.4 Å². The van der Waals surface area contributed by atoms with Gasteiger partial charge in [0.25, 0.3) is 0 Å². The Labute approximate surface area is 135 Å². The number of fused-ring (bicyclic) bond motifs is 1. The maximum absolute atomic E-state index is 5.40. The van der Waals surface area contributed by atoms with E-state index in [0.717, 1.165) is 48.5 Å². The molecule has 118 valence electrons. The number of nitrogens with zero attached hydrogens (tertiary/aromatic N) is 1. The van der Waals surface area contributed by atoms with Crippen LogP contribution in [0.2, 0.25) is 0 Å². The molecule has 4 heteroatoms. The predicted molar refractivity (Wildman–Crippen MR) is 93.7 cm³/mol. The van der Waals surface area contributed by atoms with E-state index in [1.807, 2.05) is 6.20 Å². The lowest BCUT2D eigenvalue weighted by Gasteiger charge is -2.23. The number of rotatable bonds is 3. The van der Waals surface area contributed by atoms with Crippen molar-refractivity contribution in [1.82, 2.24) is 9.97 Å². The first kappa shape index (κ1) is 14.3. The van der Waals surface area contributed by atoms with Crippen LogP contribution in [0.25, 0.3) is 22.2 Å². The number of aryl methyl sites for hydroxylation is 1. The summed E-state index contributed by atoms with van der Waals surface area (Å²) in [5.41, 5.74) is 4.72. The van der Waals surface area contributed by atoms with Crippen LogP contribution in [-0.4, -0.2) is 29.2 Å². The van der Waals surface area contributed by atoms with Gasteiger partial charge in [-0.25, -0.2) is 4.98 Å². The second kappa shape index (κ2) is 6.05. The van der Waals surface area contributed by atoms with Crippen molar-refractivity contribution in [3.05, 3.63) is 48.2 Å². The third-order valence-electron chi connectivity index (χ3n) is 4.41. The van der Waals surface area contributed by atoms with E-state index in [4.69, 9.17) is 4.74 Å². The molecular weight excluding hydrogens is 286 g/mol. The molecular formula is C19H21N3O. The Hall–Kier alpha value is -2.33. The van der Waals surface area contributed by atoms with Crippen molar-refractivity contribution in [2.24, 2.45) is 0 Å². The van der Waals surface area contributed by atoms with Gasteiger partial charge >= 0.3 is 0 Å². The van der Waals surface area contributed by atoms with Crippen molar-refractivity contribution in [3.8, 4) is 11.3 Å². The number of anilines is 1. The van der Waals surface area contributed by atoms with Gasteiger partial charge in [-0.15, -0.1) is 0 Å². The summed E-state index contributed by atoms with van der Waals surface area (Å²) in [5.74, 6) is 0.932. The smallest absolute Gasteiger partial charge is 0.128 e. The topological polar surface area (TPSA) is 49.9 Å². The molecule has 23 heavy (non-hydrogen) atoms. The zero-order valence-electron chi connectivity index (χ0n) is 13.3. The Morgan fingerprint density at radius 3 is 2.87 bits per heavy atom. The molecule has 0 spiro atoms. The summed E-state index contributed by atoms with van der Waals surface area (Å²) >= 11 is 0. The first-order valence-corrected chi connectivity index (χ1v) is 8.18. The molecule has 0 aliphatic carbocycles. The molecule has 4 nitrogen and oxygen atoms in total. The van der Waals surface area contributed by atoms with Crippen LogP contribution in [0, 0.1) is 6.92 Å². The number of aromatic nitrogens is 2. The van der Waals surface area contributed by atoms with Gasteiger partial charge in [0.1, 0.15) is 5.82 Å². The first-order valence-electron chi connectivity index (χ1n) is 8.18. The molecule has 0 atom stereocenters. The van der Waals surface area contributed by atoms with Crippen molar-refractivity contribution >= 4 is 16.7 Å². The van der Waals surface area contributed by atoms with Crippen LogP contribution in [0.3, 0.4) is 0 Å². The SMILES string of the molecule is Cc1cccc(-c2cc3cnc(NC4CCOCC4)cc3[nH]2)c1. The van der Waals surface area contributed by atoms with E-state index in [0.29, 0.717) is 6.04 Å². The number of pyridine rings is 1. The van der Waals surface area contributed by atoms with E-state index in [2.05, 4.69) is 58.6 Å². The van der Waals surface area contributed by atoms with Gasteiger partial charge in [0, 0.05) is 42.6 Å². The number of benzene rings is 1. The number of hydrogen-bond acceptors (Lipinski definition) is 3. The number of aromatic amines is 1. The van der Waals surface area contributed by atoms with Crippen molar-refractivity contribution < 1.29 is 4.74 Å². The largest absolute Gasteiger partial charge is 0.381 e. The Bertz CT molecular complexity index is 818. The summed E-state index contributed by atoms with van der Waals surface area (Å²) in [7, 11) is 0. The molecule has 0 saturated carbocycles. The Balaban J connectivity index is 1.61. The predicted octanol–water partition coefficient (Wildman–Crippen LogP) is 4.13. The highest BCUT2D eigenvalue weighted by Crippen LogP contribution is 2.26. The summed E-state index contributed by atoms with van der Waals surface area (Å²) in [6.45, 7) is 3.78. The van der Waals surface area contributed by atoms with Crippen molar-refractivity contribution in [3.63, 3.8) is 0 Å². The average molecular weight is 307 g/mol. The fraction of sp³-hybridized carbons (Fsp3) is 0.316. The van der Waals surface area contributed by atoms with Crippen molar-refractivity contribution in [2.75, 3.05) is 18.5 Å². The number of hydrogen-bond donors (Lipinski definition) is 2. The van der Waals surface area contributed by atoms with Crippen LogP contribution in [0.15, 0.2) is 42.6 Å². The van der Waals surface area contributed by atoms with E-state index >= 15 is 0 Å². The second-order valence-electron chi connectivity index (χ2n) is 6.24. The highest BCUT2D eigenvalue weighted by Gasteiger charge is 2.14. The molecule has 4 rings (SSSR count). The van der Waals surface area contributed by atoms with E-state index in [1.165, 1.54) is 11.1 Å². The summed E-state index contributed by atoms with van der Waals surface area (Å²) in [5, 5.41) is 4.66. The van der Waals surface area contributed by atoms with Gasteiger partial charge in [-0.2, -0.15) is 0 Å². The molecule has 3 heterocycles. The maximum Gasteiger partial charge on any atom is 0.128 e. The molecule has 0 amide bonds. The zero-order valence-corrected chi connectivity index (χ0v) is 13.3. The zero-order chi connectivity index (χ0) is 15.6. The number of H-pyrrole nitrogens is 1. The summed E-state index contributed by atoms with van der Waals surface area (Å²) < 4.78 is 5.40. The second-order valence-corrected chi connectivity index (χ2v) is 6.24. The average Bonchev–Trinajstić information content (AvgIpc) is 2.99. The molecule has 3 aromatic rings. The number of ether oxygens (including phenoxy) is 1.